The van der Waals surface area contributed by atoms with Crippen LogP contribution in [0.5, 0.6) is 0 Å². The van der Waals surface area contributed by atoms with Gasteiger partial charge in [-0.15, -0.1) is 0 Å². The number of urea groups is 1. The number of likely N-dealkylation sites (tertiary alicyclic amines) is 1. The number of primary amides is 1. The van der Waals surface area contributed by atoms with E-state index in [0.29, 0.717) is 19.7 Å². The summed E-state index contributed by atoms with van der Waals surface area (Å²) in [6.45, 7) is 7.84. The van der Waals surface area contributed by atoms with Gasteiger partial charge in [0, 0.05) is 23.6 Å². The first-order valence-electron chi connectivity index (χ1n) is 6.64. The zero-order chi connectivity index (χ0) is 14.5. The quantitative estimate of drug-likeness (QED) is 0.633. The number of nitrogens with two attached hydrogens (primary N) is 1. The Labute approximate surface area is 119 Å². The minimum absolute atomic E-state index is 0.181. The van der Waals surface area contributed by atoms with Crippen LogP contribution in [0.1, 0.15) is 33.6 Å². The first-order chi connectivity index (χ1) is 8.79. The first-order valence-corrected chi connectivity index (χ1v) is 7.63. The maximum atomic E-state index is 11.9. The van der Waals surface area contributed by atoms with Crippen LogP contribution < -0.4 is 5.73 Å². The molecule has 5 nitrogen and oxygen atoms in total. The third kappa shape index (κ3) is 6.18. The lowest BCUT2D eigenvalue weighted by molar-refractivity contribution is -0.149. The van der Waals surface area contributed by atoms with E-state index in [9.17, 15) is 9.59 Å². The van der Waals surface area contributed by atoms with Gasteiger partial charge in [0.2, 0.25) is 0 Å². The Balaban J connectivity index is 2.27. The van der Waals surface area contributed by atoms with Crippen LogP contribution in [0.2, 0.25) is 0 Å². The topological polar surface area (TPSA) is 72.6 Å². The highest BCUT2D eigenvalue weighted by Gasteiger charge is 2.28. The molecule has 1 aliphatic heterocycles. The molecule has 0 bridgehead atoms. The van der Waals surface area contributed by atoms with E-state index in [4.69, 9.17) is 10.5 Å². The summed E-state index contributed by atoms with van der Waals surface area (Å²) in [4.78, 5) is 24.5. The molecule has 1 fully saturated rings. The van der Waals surface area contributed by atoms with Crippen LogP contribution in [0.15, 0.2) is 0 Å². The summed E-state index contributed by atoms with van der Waals surface area (Å²) in [6, 6.07) is -0.458. The maximum absolute atomic E-state index is 11.9. The van der Waals surface area contributed by atoms with Crippen molar-refractivity contribution in [2.75, 3.05) is 25.4 Å². The summed E-state index contributed by atoms with van der Waals surface area (Å²) in [5.74, 6) is 0.364. The molecule has 0 aromatic heterocycles. The first kappa shape index (κ1) is 16.1. The van der Waals surface area contributed by atoms with Gasteiger partial charge in [0.05, 0.1) is 5.92 Å². The van der Waals surface area contributed by atoms with Crippen LogP contribution >= 0.6 is 11.8 Å². The fraction of sp³-hybridized carbons (Fsp3) is 0.846. The van der Waals surface area contributed by atoms with E-state index >= 15 is 0 Å². The zero-order valence-corrected chi connectivity index (χ0v) is 12.8. The molecular weight excluding hydrogens is 264 g/mol. The summed E-state index contributed by atoms with van der Waals surface area (Å²) in [7, 11) is 0. The van der Waals surface area contributed by atoms with Crippen molar-refractivity contribution in [1.82, 2.24) is 4.90 Å². The Morgan fingerprint density at radius 1 is 1.42 bits per heavy atom. The molecule has 0 aliphatic carbocycles. The molecule has 0 aromatic carbocycles. The smallest absolute Gasteiger partial charge is 0.314 e. The van der Waals surface area contributed by atoms with Crippen molar-refractivity contribution in [1.29, 1.82) is 0 Å². The standard InChI is InChI=1S/C13H24N2O3S/c1-13(2,3)19-8-7-18-11(16)10-5-4-6-15(9-10)12(14)17/h10H,4-9H2,1-3H3,(H2,14,17). The number of carbonyl (C=O) groups excluding carboxylic acids is 2. The molecule has 1 aliphatic rings. The summed E-state index contributed by atoms with van der Waals surface area (Å²) in [5, 5.41) is 0. The van der Waals surface area contributed by atoms with Crippen molar-refractivity contribution in [2.24, 2.45) is 11.7 Å². The van der Waals surface area contributed by atoms with Crippen LogP contribution in [0.4, 0.5) is 4.79 Å². The second-order valence-electron chi connectivity index (χ2n) is 5.75. The van der Waals surface area contributed by atoms with E-state index in [1.165, 1.54) is 4.90 Å². The lowest BCUT2D eigenvalue weighted by Crippen LogP contribution is -2.45. The van der Waals surface area contributed by atoms with Crippen LogP contribution in [0.3, 0.4) is 0 Å². The summed E-state index contributed by atoms with van der Waals surface area (Å²) in [5.41, 5.74) is 5.23. The van der Waals surface area contributed by atoms with Gasteiger partial charge in [0.25, 0.3) is 0 Å². The summed E-state index contributed by atoms with van der Waals surface area (Å²) >= 11 is 1.77. The number of nitrogens with zero attached hydrogens (tertiary/aromatic N) is 1. The molecule has 1 atom stereocenters. The zero-order valence-electron chi connectivity index (χ0n) is 12.0. The van der Waals surface area contributed by atoms with Gasteiger partial charge in [-0.05, 0) is 12.8 Å². The fourth-order valence-electron chi connectivity index (χ4n) is 1.98. The van der Waals surface area contributed by atoms with Crippen LogP contribution in [0, 0.1) is 5.92 Å². The predicted molar refractivity (Wildman–Crippen MR) is 77.1 cm³/mol. The number of rotatable bonds is 4. The van der Waals surface area contributed by atoms with E-state index in [1.807, 2.05) is 0 Å². The Morgan fingerprint density at radius 3 is 2.68 bits per heavy atom. The Hall–Kier alpha value is -0.910. The molecule has 2 amide bonds. The van der Waals surface area contributed by atoms with Crippen molar-refractivity contribution in [3.05, 3.63) is 0 Å². The number of thioether (sulfide) groups is 1. The predicted octanol–water partition coefficient (Wildman–Crippen LogP) is 1.85. The average Bonchev–Trinajstić information content (AvgIpc) is 2.33. The number of ether oxygens (including phenoxy) is 1. The molecule has 0 saturated carbocycles. The van der Waals surface area contributed by atoms with E-state index < -0.39 is 6.03 Å². The van der Waals surface area contributed by atoms with Crippen LogP contribution in [-0.2, 0) is 9.53 Å². The summed E-state index contributed by atoms with van der Waals surface area (Å²) < 4.78 is 5.45. The van der Waals surface area contributed by atoms with E-state index in [2.05, 4.69) is 20.8 Å². The number of hydrogen-bond donors (Lipinski definition) is 1. The van der Waals surface area contributed by atoms with Gasteiger partial charge in [-0.1, -0.05) is 20.8 Å². The van der Waals surface area contributed by atoms with Gasteiger partial charge in [-0.25, -0.2) is 4.79 Å². The molecule has 2 N–H and O–H groups in total. The third-order valence-electron chi connectivity index (χ3n) is 2.93. The Morgan fingerprint density at radius 2 is 2.11 bits per heavy atom. The molecule has 1 rings (SSSR count). The normalized spacial score (nSPS) is 20.2. The van der Waals surface area contributed by atoms with Crippen molar-refractivity contribution in [2.45, 2.75) is 38.4 Å². The molecule has 110 valence electrons. The van der Waals surface area contributed by atoms with Gasteiger partial charge in [0.1, 0.15) is 6.61 Å². The molecule has 1 saturated heterocycles. The summed E-state index contributed by atoms with van der Waals surface area (Å²) in [6.07, 6.45) is 1.58. The van der Waals surface area contributed by atoms with E-state index in [1.54, 1.807) is 11.8 Å². The molecule has 0 spiro atoms. The Kier molecular flexibility index (Phi) is 5.97. The van der Waals surface area contributed by atoms with Crippen molar-refractivity contribution < 1.29 is 14.3 Å². The largest absolute Gasteiger partial charge is 0.465 e. The monoisotopic (exact) mass is 288 g/mol. The number of esters is 1. The highest BCUT2D eigenvalue weighted by Crippen LogP contribution is 2.23. The molecule has 19 heavy (non-hydrogen) atoms. The third-order valence-corrected chi connectivity index (χ3v) is 4.17. The van der Waals surface area contributed by atoms with Gasteiger partial charge in [-0.2, -0.15) is 11.8 Å². The van der Waals surface area contributed by atoms with E-state index in [0.717, 1.165) is 18.6 Å². The molecule has 0 aromatic rings. The SMILES string of the molecule is CC(C)(C)SCCOC(=O)C1CCCN(C(N)=O)C1. The van der Waals surface area contributed by atoms with Gasteiger partial charge >= 0.3 is 12.0 Å². The number of piperidine rings is 1. The van der Waals surface area contributed by atoms with E-state index in [-0.39, 0.29) is 16.6 Å². The molecule has 0 radical (unpaired) electrons. The highest BCUT2D eigenvalue weighted by molar-refractivity contribution is 8.00. The molecular formula is C13H24N2O3S. The number of hydrogen-bond acceptors (Lipinski definition) is 4. The lowest BCUT2D eigenvalue weighted by Gasteiger charge is -2.30. The molecule has 1 unspecified atom stereocenters. The van der Waals surface area contributed by atoms with Crippen LogP contribution in [-0.4, -0.2) is 47.1 Å². The van der Waals surface area contributed by atoms with Crippen LogP contribution in [0.25, 0.3) is 0 Å². The average molecular weight is 288 g/mol. The highest BCUT2D eigenvalue weighted by atomic mass is 32.2. The fourth-order valence-corrected chi connectivity index (χ4v) is 2.76. The van der Waals surface area contributed by atoms with Crippen molar-refractivity contribution in [3.63, 3.8) is 0 Å². The molecule has 6 heteroatoms. The minimum Gasteiger partial charge on any atom is -0.465 e. The van der Waals surface area contributed by atoms with Gasteiger partial charge in [0.15, 0.2) is 0 Å². The maximum Gasteiger partial charge on any atom is 0.314 e. The van der Waals surface area contributed by atoms with Crippen molar-refractivity contribution >= 4 is 23.8 Å². The molecule has 1 heterocycles. The number of carbonyl (C=O) groups is 2. The second kappa shape index (κ2) is 7.03. The second-order valence-corrected chi connectivity index (χ2v) is 7.67. The number of amides is 2. The Bertz CT molecular complexity index is 328. The lowest BCUT2D eigenvalue weighted by atomic mass is 9.98. The van der Waals surface area contributed by atoms with Crippen molar-refractivity contribution in [3.8, 4) is 0 Å². The van der Waals surface area contributed by atoms with Gasteiger partial charge in [-0.3, -0.25) is 4.79 Å². The minimum atomic E-state index is -0.458. The van der Waals surface area contributed by atoms with Gasteiger partial charge < -0.3 is 15.4 Å².